The van der Waals surface area contributed by atoms with Crippen molar-refractivity contribution in [1.82, 2.24) is 4.98 Å². The molecule has 0 atom stereocenters. The third-order valence-corrected chi connectivity index (χ3v) is 4.31. The summed E-state index contributed by atoms with van der Waals surface area (Å²) in [5.74, 6) is 0. The molecule has 0 saturated heterocycles. The molecule has 1 heterocycles. The highest BCUT2D eigenvalue weighted by Gasteiger charge is 2.21. The molecule has 4 nitrogen and oxygen atoms in total. The molecule has 1 aromatic heterocycles. The van der Waals surface area contributed by atoms with Gasteiger partial charge in [-0.05, 0) is 28.7 Å². The van der Waals surface area contributed by atoms with Gasteiger partial charge in [-0.3, -0.25) is 0 Å². The third kappa shape index (κ3) is 2.95. The number of hydrogen-bond acceptors (Lipinski definition) is 3. The molecule has 0 fully saturated rings. The minimum absolute atomic E-state index is 0.0289. The summed E-state index contributed by atoms with van der Waals surface area (Å²) < 4.78 is 46.6. The van der Waals surface area contributed by atoms with Crippen LogP contribution in [0.5, 0.6) is 0 Å². The molecule has 0 unspecified atom stereocenters. The predicted octanol–water partition coefficient (Wildman–Crippen LogP) is 1.92. The Balaban J connectivity index is 3.52. The Morgan fingerprint density at radius 1 is 1.53 bits per heavy atom. The van der Waals surface area contributed by atoms with E-state index in [0.717, 1.165) is 6.07 Å². The van der Waals surface area contributed by atoms with Gasteiger partial charge in [-0.2, -0.15) is 0 Å². The summed E-state index contributed by atoms with van der Waals surface area (Å²) in [6, 6.07) is 0.905. The predicted molar refractivity (Wildman–Crippen MR) is 58.3 cm³/mol. The molecule has 0 amide bonds. The molecule has 84 valence electrons. The Labute approximate surface area is 103 Å². The number of primary sulfonamides is 1. The summed E-state index contributed by atoms with van der Waals surface area (Å²) in [6.07, 6.45) is -2.90. The minimum Gasteiger partial charge on any atom is -0.233 e. The summed E-state index contributed by atoms with van der Waals surface area (Å²) in [4.78, 5) is 3.25. The quantitative estimate of drug-likeness (QED) is 0.811. The lowest BCUT2D eigenvalue weighted by atomic mass is 10.4. The maximum absolute atomic E-state index is 12.3. The molecule has 1 aromatic rings. The standard InChI is InChI=1S/C6H4ClF2IN2O2S/c7-2-1-3(5(8)9)12-6(4(2)10)15(11,13)14/h1,5H,(H2,11,13,14). The number of alkyl halides is 2. The molecular weight excluding hydrogens is 364 g/mol. The largest absolute Gasteiger partial charge is 0.280 e. The van der Waals surface area contributed by atoms with E-state index in [0.29, 0.717) is 0 Å². The first kappa shape index (κ1) is 13.0. The van der Waals surface area contributed by atoms with Crippen LogP contribution in [0.1, 0.15) is 12.1 Å². The van der Waals surface area contributed by atoms with Gasteiger partial charge in [0.05, 0.1) is 8.59 Å². The van der Waals surface area contributed by atoms with Gasteiger partial charge in [0.15, 0.2) is 5.03 Å². The highest BCUT2D eigenvalue weighted by atomic mass is 127. The monoisotopic (exact) mass is 368 g/mol. The lowest BCUT2D eigenvalue weighted by Gasteiger charge is -2.06. The van der Waals surface area contributed by atoms with Crippen molar-refractivity contribution in [2.24, 2.45) is 5.14 Å². The second kappa shape index (κ2) is 4.44. The van der Waals surface area contributed by atoms with E-state index in [4.69, 9.17) is 16.7 Å². The molecule has 2 N–H and O–H groups in total. The average molecular weight is 369 g/mol. The van der Waals surface area contributed by atoms with E-state index in [1.807, 2.05) is 0 Å². The molecule has 0 bridgehead atoms. The van der Waals surface area contributed by atoms with Crippen molar-refractivity contribution in [2.45, 2.75) is 11.5 Å². The van der Waals surface area contributed by atoms with Crippen molar-refractivity contribution in [2.75, 3.05) is 0 Å². The fourth-order valence-electron chi connectivity index (χ4n) is 0.794. The Morgan fingerprint density at radius 2 is 2.07 bits per heavy atom. The van der Waals surface area contributed by atoms with Crippen LogP contribution in [-0.4, -0.2) is 13.4 Å². The highest BCUT2D eigenvalue weighted by molar-refractivity contribution is 14.1. The number of sulfonamides is 1. The summed E-state index contributed by atoms with van der Waals surface area (Å²) in [7, 11) is -4.15. The van der Waals surface area contributed by atoms with Gasteiger partial charge in [-0.15, -0.1) is 0 Å². The van der Waals surface area contributed by atoms with Gasteiger partial charge in [-0.25, -0.2) is 27.3 Å². The lowest BCUT2D eigenvalue weighted by molar-refractivity contribution is 0.145. The van der Waals surface area contributed by atoms with Crippen LogP contribution in [0.3, 0.4) is 0 Å². The average Bonchev–Trinajstić information content (AvgIpc) is 2.06. The van der Waals surface area contributed by atoms with E-state index in [1.165, 1.54) is 0 Å². The van der Waals surface area contributed by atoms with E-state index in [-0.39, 0.29) is 8.59 Å². The fraction of sp³-hybridized carbons (Fsp3) is 0.167. The molecule has 0 spiro atoms. The Morgan fingerprint density at radius 3 is 2.47 bits per heavy atom. The van der Waals surface area contributed by atoms with Crippen LogP contribution in [0.2, 0.25) is 5.02 Å². The van der Waals surface area contributed by atoms with Gasteiger partial charge in [-0.1, -0.05) is 11.6 Å². The van der Waals surface area contributed by atoms with Crippen molar-refractivity contribution in [1.29, 1.82) is 0 Å². The summed E-state index contributed by atoms with van der Waals surface area (Å²) >= 11 is 7.14. The third-order valence-electron chi connectivity index (χ3n) is 1.40. The number of halogens is 4. The van der Waals surface area contributed by atoms with Crippen molar-refractivity contribution < 1.29 is 17.2 Å². The normalized spacial score (nSPS) is 12.1. The Bertz CT molecular complexity index is 494. The van der Waals surface area contributed by atoms with Gasteiger partial charge in [0.25, 0.3) is 16.4 Å². The van der Waals surface area contributed by atoms with E-state index in [2.05, 4.69) is 4.98 Å². The lowest BCUT2D eigenvalue weighted by Crippen LogP contribution is -2.17. The maximum Gasteiger partial charge on any atom is 0.280 e. The first-order valence-corrected chi connectivity index (χ1v) is 6.40. The van der Waals surface area contributed by atoms with Crippen molar-refractivity contribution in [3.63, 3.8) is 0 Å². The molecule has 0 aromatic carbocycles. The van der Waals surface area contributed by atoms with Crippen molar-refractivity contribution in [3.05, 3.63) is 20.4 Å². The summed E-state index contributed by atoms with van der Waals surface area (Å²) in [5, 5.41) is 4.04. The van der Waals surface area contributed by atoms with E-state index in [1.54, 1.807) is 22.6 Å². The number of hydrogen-bond donors (Lipinski definition) is 1. The van der Waals surface area contributed by atoms with Crippen molar-refractivity contribution >= 4 is 44.2 Å². The second-order valence-corrected chi connectivity index (χ2v) is 5.46. The van der Waals surface area contributed by atoms with Crippen molar-refractivity contribution in [3.8, 4) is 0 Å². The molecule has 15 heavy (non-hydrogen) atoms. The molecule has 0 saturated carbocycles. The molecule has 0 aliphatic heterocycles. The van der Waals surface area contributed by atoms with Crippen LogP contribution in [0.25, 0.3) is 0 Å². The SMILES string of the molecule is NS(=O)(=O)c1nc(C(F)F)cc(Cl)c1I. The number of rotatable bonds is 2. The van der Waals surface area contributed by atoms with Gasteiger partial charge in [0.1, 0.15) is 5.69 Å². The maximum atomic E-state index is 12.3. The summed E-state index contributed by atoms with van der Waals surface area (Å²) in [5.41, 5.74) is -0.718. The molecule has 1 rings (SSSR count). The zero-order valence-corrected chi connectivity index (χ0v) is 10.6. The number of aromatic nitrogens is 1. The van der Waals surface area contributed by atoms with Gasteiger partial charge >= 0.3 is 0 Å². The number of pyridine rings is 1. The number of nitrogens with two attached hydrogens (primary N) is 1. The highest BCUT2D eigenvalue weighted by Crippen LogP contribution is 2.28. The smallest absolute Gasteiger partial charge is 0.233 e. The van der Waals surface area contributed by atoms with Gasteiger partial charge < -0.3 is 0 Å². The van der Waals surface area contributed by atoms with Gasteiger partial charge in [0.2, 0.25) is 0 Å². The van der Waals surface area contributed by atoms with Crippen LogP contribution < -0.4 is 5.14 Å². The van der Waals surface area contributed by atoms with E-state index in [9.17, 15) is 17.2 Å². The summed E-state index contributed by atoms with van der Waals surface area (Å²) in [6.45, 7) is 0. The molecule has 0 aliphatic carbocycles. The molecule has 0 aliphatic rings. The second-order valence-electron chi connectivity index (χ2n) is 2.49. The minimum atomic E-state index is -4.15. The first-order chi connectivity index (χ1) is 6.73. The van der Waals surface area contributed by atoms with Gasteiger partial charge in [0, 0.05) is 0 Å². The number of nitrogens with zero attached hydrogens (tertiary/aromatic N) is 1. The van der Waals surface area contributed by atoms with Crippen LogP contribution in [0.4, 0.5) is 8.78 Å². The fourth-order valence-corrected chi connectivity index (χ4v) is 2.84. The zero-order valence-electron chi connectivity index (χ0n) is 6.92. The molecule has 0 radical (unpaired) electrons. The van der Waals surface area contributed by atoms with E-state index >= 15 is 0 Å². The Kier molecular flexibility index (Phi) is 3.85. The topological polar surface area (TPSA) is 73.1 Å². The zero-order chi connectivity index (χ0) is 11.8. The molecule has 9 heteroatoms. The molecular formula is C6H4ClF2IN2O2S. The van der Waals surface area contributed by atoms with Crippen LogP contribution in [-0.2, 0) is 10.0 Å². The Hall–Kier alpha value is -0.0600. The van der Waals surface area contributed by atoms with Crippen LogP contribution in [0.15, 0.2) is 11.1 Å². The van der Waals surface area contributed by atoms with E-state index < -0.39 is 27.2 Å². The first-order valence-electron chi connectivity index (χ1n) is 3.40. The van der Waals surface area contributed by atoms with Crippen LogP contribution in [0, 0.1) is 3.57 Å². The van der Waals surface area contributed by atoms with Crippen LogP contribution >= 0.6 is 34.2 Å².